The molecule has 1 saturated carbocycles. The molecule has 4 aromatic rings. The molecular weight excluding hydrogens is 388 g/mol. The summed E-state index contributed by atoms with van der Waals surface area (Å²) in [5.41, 5.74) is 6.07. The second-order valence-corrected chi connectivity index (χ2v) is 9.59. The lowest BCUT2D eigenvalue weighted by Crippen LogP contribution is -2.17. The third-order valence-electron chi connectivity index (χ3n) is 7.14. The molecule has 1 amide bonds. The number of fused-ring (bicyclic) bond motifs is 1. The number of anilines is 1. The number of aromatic nitrogens is 3. The average molecular weight is 415 g/mol. The summed E-state index contributed by atoms with van der Waals surface area (Å²) in [6.45, 7) is 10.6. The van der Waals surface area contributed by atoms with Crippen molar-refractivity contribution in [1.29, 1.82) is 0 Å². The molecule has 0 saturated heterocycles. The number of oxazole rings is 1. The van der Waals surface area contributed by atoms with E-state index in [0.29, 0.717) is 5.89 Å². The van der Waals surface area contributed by atoms with Crippen molar-refractivity contribution in [2.45, 2.75) is 34.6 Å². The number of benzene rings is 2. The predicted molar refractivity (Wildman–Crippen MR) is 121 cm³/mol. The number of carbonyl (C=O) groups excluding carboxylic acids is 1. The molecule has 2 aromatic carbocycles. The van der Waals surface area contributed by atoms with Crippen LogP contribution in [-0.2, 0) is 4.79 Å². The topological polar surface area (TPSA) is 83.8 Å². The summed E-state index contributed by atoms with van der Waals surface area (Å²) < 4.78 is 5.98. The predicted octanol–water partition coefficient (Wildman–Crippen LogP) is 5.81. The van der Waals surface area contributed by atoms with Crippen molar-refractivity contribution in [3.8, 4) is 22.7 Å². The highest BCUT2D eigenvalue weighted by Gasteiger charge is 2.68. The Morgan fingerprint density at radius 3 is 2.45 bits per heavy atom. The molecule has 2 N–H and O–H groups in total. The van der Waals surface area contributed by atoms with Crippen LogP contribution >= 0.6 is 0 Å². The van der Waals surface area contributed by atoms with Crippen LogP contribution < -0.4 is 5.32 Å². The minimum Gasteiger partial charge on any atom is -0.436 e. The standard InChI is InChI=1S/C25H26N4O2/c1-14-6-11-18-19(12-14)31-23(28-18)17-13-26-29-20(17)15-7-9-16(10-8-15)27-22(30)21-24(2,3)25(21,4)5/h6-13,21H,1-5H3,(H,26,29)(H,27,30). The number of hydrogen-bond acceptors (Lipinski definition) is 4. The van der Waals surface area contributed by atoms with Crippen LogP contribution in [0.3, 0.4) is 0 Å². The number of H-pyrrole nitrogens is 1. The van der Waals surface area contributed by atoms with Crippen molar-refractivity contribution in [2.24, 2.45) is 16.7 Å². The van der Waals surface area contributed by atoms with Gasteiger partial charge in [-0.25, -0.2) is 4.98 Å². The monoisotopic (exact) mass is 414 g/mol. The zero-order valence-corrected chi connectivity index (χ0v) is 18.4. The Balaban J connectivity index is 1.39. The lowest BCUT2D eigenvalue weighted by Gasteiger charge is -2.08. The van der Waals surface area contributed by atoms with E-state index in [1.165, 1.54) is 0 Å². The minimum atomic E-state index is 0.0139. The van der Waals surface area contributed by atoms with Crippen LogP contribution in [0.25, 0.3) is 33.8 Å². The molecular formula is C25H26N4O2. The molecule has 0 aliphatic heterocycles. The fraction of sp³-hybridized carbons (Fsp3) is 0.320. The quantitative estimate of drug-likeness (QED) is 0.441. The molecule has 2 heterocycles. The summed E-state index contributed by atoms with van der Waals surface area (Å²) in [6, 6.07) is 13.7. The molecule has 31 heavy (non-hydrogen) atoms. The Morgan fingerprint density at radius 1 is 1.06 bits per heavy atom. The third kappa shape index (κ3) is 3.05. The van der Waals surface area contributed by atoms with Gasteiger partial charge in [-0.2, -0.15) is 5.10 Å². The summed E-state index contributed by atoms with van der Waals surface area (Å²) in [5, 5.41) is 10.3. The largest absolute Gasteiger partial charge is 0.436 e. The number of hydrogen-bond donors (Lipinski definition) is 2. The van der Waals surface area contributed by atoms with Gasteiger partial charge in [0.05, 0.1) is 17.5 Å². The van der Waals surface area contributed by atoms with Crippen LogP contribution in [0.5, 0.6) is 0 Å². The Labute approximate surface area is 181 Å². The van der Waals surface area contributed by atoms with E-state index in [9.17, 15) is 4.79 Å². The Bertz CT molecular complexity index is 1280. The van der Waals surface area contributed by atoms with Gasteiger partial charge in [-0.15, -0.1) is 0 Å². The first kappa shape index (κ1) is 19.5. The highest BCUT2D eigenvalue weighted by atomic mass is 16.3. The SMILES string of the molecule is Cc1ccc2nc(-c3cn[nH]c3-c3ccc(NC(=O)C4C(C)(C)C4(C)C)cc3)oc2c1. The number of amides is 1. The number of nitrogens with zero attached hydrogens (tertiary/aromatic N) is 2. The summed E-state index contributed by atoms with van der Waals surface area (Å²) in [6.07, 6.45) is 1.72. The summed E-state index contributed by atoms with van der Waals surface area (Å²) in [7, 11) is 0. The molecule has 5 rings (SSSR count). The zero-order valence-electron chi connectivity index (χ0n) is 18.4. The number of aromatic amines is 1. The van der Waals surface area contributed by atoms with E-state index in [1.807, 2.05) is 49.4 Å². The average Bonchev–Trinajstić information content (AvgIpc) is 3.17. The number of carbonyl (C=O) groups is 1. The molecule has 6 nitrogen and oxygen atoms in total. The van der Waals surface area contributed by atoms with Crippen LogP contribution in [-0.4, -0.2) is 21.1 Å². The molecule has 1 fully saturated rings. The Kier molecular flexibility index (Phi) is 4.13. The lowest BCUT2D eigenvalue weighted by molar-refractivity contribution is -0.118. The van der Waals surface area contributed by atoms with E-state index in [2.05, 4.69) is 48.2 Å². The smallest absolute Gasteiger partial charge is 0.231 e. The summed E-state index contributed by atoms with van der Waals surface area (Å²) in [4.78, 5) is 17.3. The lowest BCUT2D eigenvalue weighted by atomic mass is 10.0. The van der Waals surface area contributed by atoms with Gasteiger partial charge < -0.3 is 9.73 Å². The Hall–Kier alpha value is -3.41. The number of rotatable bonds is 4. The molecule has 1 aliphatic rings. The fourth-order valence-electron chi connectivity index (χ4n) is 4.60. The maximum atomic E-state index is 12.7. The van der Waals surface area contributed by atoms with Crippen LogP contribution in [0.2, 0.25) is 0 Å². The maximum Gasteiger partial charge on any atom is 0.231 e. The highest BCUT2D eigenvalue weighted by molar-refractivity contribution is 5.96. The fourth-order valence-corrected chi connectivity index (χ4v) is 4.60. The minimum absolute atomic E-state index is 0.0139. The van der Waals surface area contributed by atoms with Gasteiger partial charge in [-0.05, 0) is 47.6 Å². The Morgan fingerprint density at radius 2 is 1.77 bits per heavy atom. The normalized spacial score (nSPS) is 17.1. The van der Waals surface area contributed by atoms with Crippen LogP contribution in [0.15, 0.2) is 53.1 Å². The van der Waals surface area contributed by atoms with Gasteiger partial charge in [0, 0.05) is 17.2 Å². The van der Waals surface area contributed by atoms with Gasteiger partial charge in [-0.3, -0.25) is 9.89 Å². The van der Waals surface area contributed by atoms with Gasteiger partial charge in [0.25, 0.3) is 0 Å². The van der Waals surface area contributed by atoms with Crippen molar-refractivity contribution in [3.05, 3.63) is 54.2 Å². The van der Waals surface area contributed by atoms with Gasteiger partial charge in [0.1, 0.15) is 5.52 Å². The molecule has 0 radical (unpaired) electrons. The molecule has 1 aliphatic carbocycles. The van der Waals surface area contributed by atoms with Crippen molar-refractivity contribution < 1.29 is 9.21 Å². The molecule has 0 bridgehead atoms. The molecule has 0 atom stereocenters. The van der Waals surface area contributed by atoms with Crippen LogP contribution in [0.4, 0.5) is 5.69 Å². The van der Waals surface area contributed by atoms with Crippen molar-refractivity contribution >= 4 is 22.7 Å². The van der Waals surface area contributed by atoms with E-state index >= 15 is 0 Å². The first-order chi connectivity index (χ1) is 14.7. The molecule has 0 unspecified atom stereocenters. The van der Waals surface area contributed by atoms with Gasteiger partial charge in [-0.1, -0.05) is 45.9 Å². The molecule has 0 spiro atoms. The van der Waals surface area contributed by atoms with E-state index in [0.717, 1.165) is 39.2 Å². The second-order valence-electron chi connectivity index (χ2n) is 9.59. The van der Waals surface area contributed by atoms with Crippen molar-refractivity contribution in [1.82, 2.24) is 15.2 Å². The molecule has 6 heteroatoms. The zero-order chi connectivity index (χ0) is 22.0. The van der Waals surface area contributed by atoms with Crippen LogP contribution in [0, 0.1) is 23.7 Å². The van der Waals surface area contributed by atoms with E-state index in [1.54, 1.807) is 6.20 Å². The van der Waals surface area contributed by atoms with Gasteiger partial charge >= 0.3 is 0 Å². The maximum absolute atomic E-state index is 12.7. The highest BCUT2D eigenvalue weighted by Crippen LogP contribution is 2.68. The van der Waals surface area contributed by atoms with E-state index < -0.39 is 0 Å². The first-order valence-corrected chi connectivity index (χ1v) is 10.5. The van der Waals surface area contributed by atoms with Gasteiger partial charge in [0.15, 0.2) is 5.58 Å². The first-order valence-electron chi connectivity index (χ1n) is 10.5. The second kappa shape index (κ2) is 6.54. The summed E-state index contributed by atoms with van der Waals surface area (Å²) in [5.74, 6) is 0.619. The van der Waals surface area contributed by atoms with Crippen molar-refractivity contribution in [2.75, 3.05) is 5.32 Å². The van der Waals surface area contributed by atoms with Crippen LogP contribution in [0.1, 0.15) is 33.3 Å². The third-order valence-corrected chi connectivity index (χ3v) is 7.14. The number of aryl methyl sites for hydroxylation is 1. The molecule has 2 aromatic heterocycles. The van der Waals surface area contributed by atoms with Gasteiger partial charge in [0.2, 0.25) is 11.8 Å². The van der Waals surface area contributed by atoms with Crippen molar-refractivity contribution in [3.63, 3.8) is 0 Å². The summed E-state index contributed by atoms with van der Waals surface area (Å²) >= 11 is 0. The number of nitrogens with one attached hydrogen (secondary N) is 2. The molecule has 158 valence electrons. The van der Waals surface area contributed by atoms with E-state index in [-0.39, 0.29) is 22.7 Å². The van der Waals surface area contributed by atoms with E-state index in [4.69, 9.17) is 4.42 Å².